The largest absolute Gasteiger partial charge is 0.636 e. The van der Waals surface area contributed by atoms with Gasteiger partial charge in [-0.15, -0.1) is 0 Å². The molecule has 0 atom stereocenters. The molecule has 0 fully saturated rings. The van der Waals surface area contributed by atoms with Crippen molar-refractivity contribution >= 4 is 5.78 Å². The van der Waals surface area contributed by atoms with E-state index in [0.717, 1.165) is 5.48 Å². The molecule has 0 unspecified atom stereocenters. The van der Waals surface area contributed by atoms with E-state index in [4.69, 9.17) is 0 Å². The number of allylic oxidation sites excluding steroid dienone is 2. The lowest BCUT2D eigenvalue weighted by molar-refractivity contribution is -0.587. The molecule has 0 amide bonds. The van der Waals surface area contributed by atoms with Crippen LogP contribution in [-0.4, -0.2) is 12.3 Å². The fourth-order valence-corrected chi connectivity index (χ4v) is 0.470. The Kier molecular flexibility index (Phi) is 5.06. The molecule has 0 aromatic heterocycles. The number of ketones is 1. The second kappa shape index (κ2) is 5.47. The first-order valence-electron chi connectivity index (χ1n) is 2.90. The Morgan fingerprint density at radius 2 is 2.44 bits per heavy atom. The standard InChI is InChI=1S/C6H11NO2/c1-2-3-6(8)4-5-7-9/h2-3H,4-5,7H2,1H3. The summed E-state index contributed by atoms with van der Waals surface area (Å²) in [5.74, 6) is 0.0181. The molecule has 9 heavy (non-hydrogen) atoms. The minimum absolute atomic E-state index is 0.0181. The van der Waals surface area contributed by atoms with E-state index in [1.54, 1.807) is 13.0 Å². The van der Waals surface area contributed by atoms with E-state index in [9.17, 15) is 10.0 Å². The van der Waals surface area contributed by atoms with Crippen molar-refractivity contribution < 1.29 is 10.3 Å². The maximum absolute atomic E-state index is 10.6. The van der Waals surface area contributed by atoms with E-state index in [1.165, 1.54) is 6.08 Å². The quantitative estimate of drug-likeness (QED) is 0.414. The molecule has 0 rings (SSSR count). The summed E-state index contributed by atoms with van der Waals surface area (Å²) >= 11 is 0. The van der Waals surface area contributed by atoms with Gasteiger partial charge >= 0.3 is 0 Å². The molecule has 0 spiro atoms. The molecule has 0 aliphatic heterocycles. The third kappa shape index (κ3) is 5.20. The van der Waals surface area contributed by atoms with Gasteiger partial charge in [-0.25, -0.2) is 0 Å². The fraction of sp³-hybridized carbons (Fsp3) is 0.500. The molecule has 0 aromatic carbocycles. The van der Waals surface area contributed by atoms with E-state index in [1.807, 2.05) is 0 Å². The van der Waals surface area contributed by atoms with Crippen LogP contribution in [0.25, 0.3) is 0 Å². The Morgan fingerprint density at radius 3 is 2.89 bits per heavy atom. The Labute approximate surface area is 54.3 Å². The number of hydroxylamine groups is 1. The fourth-order valence-electron chi connectivity index (χ4n) is 0.470. The van der Waals surface area contributed by atoms with Gasteiger partial charge in [-0.05, 0) is 13.0 Å². The topological polar surface area (TPSA) is 56.7 Å². The first-order chi connectivity index (χ1) is 4.31. The zero-order valence-corrected chi connectivity index (χ0v) is 5.46. The molecule has 0 aliphatic rings. The molecule has 0 saturated carbocycles. The van der Waals surface area contributed by atoms with Crippen LogP contribution in [0, 0.1) is 5.21 Å². The molecular formula is C6H11NO2. The monoisotopic (exact) mass is 129 g/mol. The van der Waals surface area contributed by atoms with Gasteiger partial charge in [0.2, 0.25) is 0 Å². The highest BCUT2D eigenvalue weighted by Crippen LogP contribution is 1.80. The number of hydrogen-bond acceptors (Lipinski definition) is 2. The van der Waals surface area contributed by atoms with Crippen LogP contribution in [0.4, 0.5) is 0 Å². The number of carbonyl (C=O) groups is 1. The predicted octanol–water partition coefficient (Wildman–Crippen LogP) is -0.417. The smallest absolute Gasteiger partial charge is 0.160 e. The van der Waals surface area contributed by atoms with Crippen LogP contribution < -0.4 is 5.48 Å². The minimum atomic E-state index is 0.0181. The third-order valence-electron chi connectivity index (χ3n) is 0.861. The lowest BCUT2D eigenvalue weighted by Gasteiger charge is -1.97. The average molecular weight is 129 g/mol. The minimum Gasteiger partial charge on any atom is -0.636 e. The van der Waals surface area contributed by atoms with E-state index >= 15 is 0 Å². The van der Waals surface area contributed by atoms with Gasteiger partial charge in [-0.2, -0.15) is 0 Å². The van der Waals surface area contributed by atoms with Crippen molar-refractivity contribution in [3.05, 3.63) is 17.4 Å². The summed E-state index contributed by atoms with van der Waals surface area (Å²) in [6, 6.07) is 0. The zero-order valence-electron chi connectivity index (χ0n) is 5.46. The molecule has 3 nitrogen and oxygen atoms in total. The summed E-state index contributed by atoms with van der Waals surface area (Å²) in [5.41, 5.74) is 0.751. The van der Waals surface area contributed by atoms with Crippen LogP contribution in [-0.2, 0) is 4.79 Å². The Morgan fingerprint density at radius 1 is 1.78 bits per heavy atom. The molecule has 0 heterocycles. The first kappa shape index (κ1) is 8.33. The van der Waals surface area contributed by atoms with Crippen LogP contribution in [0.2, 0.25) is 0 Å². The van der Waals surface area contributed by atoms with Gasteiger partial charge in [0, 0.05) is 0 Å². The Balaban J connectivity index is 3.27. The lowest BCUT2D eigenvalue weighted by atomic mass is 10.3. The van der Waals surface area contributed by atoms with Gasteiger partial charge in [0.05, 0.1) is 13.0 Å². The molecule has 52 valence electrons. The van der Waals surface area contributed by atoms with Crippen molar-refractivity contribution in [3.8, 4) is 0 Å². The summed E-state index contributed by atoms with van der Waals surface area (Å²) in [5, 5.41) is 9.74. The summed E-state index contributed by atoms with van der Waals surface area (Å²) in [6.45, 7) is 2.11. The highest BCUT2D eigenvalue weighted by atomic mass is 16.5. The zero-order chi connectivity index (χ0) is 7.11. The Bertz CT molecular complexity index is 110. The first-order valence-corrected chi connectivity index (χ1v) is 2.90. The van der Waals surface area contributed by atoms with Crippen molar-refractivity contribution in [2.45, 2.75) is 13.3 Å². The van der Waals surface area contributed by atoms with E-state index in [-0.39, 0.29) is 5.78 Å². The molecule has 0 aliphatic carbocycles. The predicted molar refractivity (Wildman–Crippen MR) is 34.6 cm³/mol. The van der Waals surface area contributed by atoms with Gasteiger partial charge in [0.1, 0.15) is 0 Å². The average Bonchev–Trinajstić information content (AvgIpc) is 1.85. The number of nitrogens with two attached hydrogens (primary N) is 1. The molecule has 0 aromatic rings. The van der Waals surface area contributed by atoms with Gasteiger partial charge in [-0.3, -0.25) is 4.79 Å². The number of rotatable bonds is 4. The van der Waals surface area contributed by atoms with Gasteiger partial charge < -0.3 is 10.7 Å². The van der Waals surface area contributed by atoms with Crippen LogP contribution in [0.3, 0.4) is 0 Å². The van der Waals surface area contributed by atoms with Crippen LogP contribution in [0.1, 0.15) is 13.3 Å². The normalized spacial score (nSPS) is 10.4. The van der Waals surface area contributed by atoms with E-state index in [0.29, 0.717) is 13.0 Å². The number of carbonyl (C=O) groups excluding carboxylic acids is 1. The van der Waals surface area contributed by atoms with Crippen LogP contribution >= 0.6 is 0 Å². The number of hydrogen-bond donors (Lipinski definition) is 1. The van der Waals surface area contributed by atoms with Crippen molar-refractivity contribution in [2.75, 3.05) is 6.54 Å². The molecule has 2 N–H and O–H groups in total. The van der Waals surface area contributed by atoms with Crippen LogP contribution in [0.15, 0.2) is 12.2 Å². The highest BCUT2D eigenvalue weighted by Gasteiger charge is 1.92. The summed E-state index contributed by atoms with van der Waals surface area (Å²) in [4.78, 5) is 10.6. The SMILES string of the molecule is CC=CC(=O)CC[NH2+][O-]. The van der Waals surface area contributed by atoms with Gasteiger partial charge in [-0.1, -0.05) is 6.08 Å². The summed E-state index contributed by atoms with van der Waals surface area (Å²) in [7, 11) is 0. The van der Waals surface area contributed by atoms with Crippen molar-refractivity contribution in [1.82, 2.24) is 0 Å². The summed E-state index contributed by atoms with van der Waals surface area (Å²) < 4.78 is 0. The van der Waals surface area contributed by atoms with E-state index in [2.05, 4.69) is 0 Å². The molecule has 0 bridgehead atoms. The Hall–Kier alpha value is -0.670. The van der Waals surface area contributed by atoms with Crippen molar-refractivity contribution in [2.24, 2.45) is 0 Å². The van der Waals surface area contributed by atoms with E-state index < -0.39 is 0 Å². The molecule has 0 radical (unpaired) electrons. The molecule has 0 saturated heterocycles. The maximum Gasteiger partial charge on any atom is 0.160 e. The van der Waals surface area contributed by atoms with Gasteiger partial charge in [0.15, 0.2) is 5.78 Å². The third-order valence-corrected chi connectivity index (χ3v) is 0.861. The molecule has 3 heteroatoms. The molecular weight excluding hydrogens is 118 g/mol. The van der Waals surface area contributed by atoms with Crippen molar-refractivity contribution in [1.29, 1.82) is 0 Å². The maximum atomic E-state index is 10.6. The van der Waals surface area contributed by atoms with Crippen LogP contribution in [0.5, 0.6) is 0 Å². The number of quaternary nitrogens is 1. The van der Waals surface area contributed by atoms with Crippen molar-refractivity contribution in [3.63, 3.8) is 0 Å². The second-order valence-corrected chi connectivity index (χ2v) is 1.67. The summed E-state index contributed by atoms with van der Waals surface area (Å²) in [6.07, 6.45) is 3.49. The lowest BCUT2D eigenvalue weighted by Crippen LogP contribution is -2.77. The second-order valence-electron chi connectivity index (χ2n) is 1.67. The highest BCUT2D eigenvalue weighted by molar-refractivity contribution is 5.89. The van der Waals surface area contributed by atoms with Gasteiger partial charge in [0.25, 0.3) is 0 Å².